The monoisotopic (exact) mass is 333 g/mol. The Morgan fingerprint density at radius 3 is 3.14 bits per heavy atom. The number of amides is 1. The van der Waals surface area contributed by atoms with Crippen molar-refractivity contribution in [3.05, 3.63) is 45.3 Å². The average Bonchev–Trinajstić information content (AvgIpc) is 3.25. The van der Waals surface area contributed by atoms with E-state index in [1.54, 1.807) is 17.6 Å². The van der Waals surface area contributed by atoms with E-state index in [0.717, 1.165) is 46.3 Å². The number of thiophene rings is 1. The van der Waals surface area contributed by atoms with E-state index < -0.39 is 0 Å². The normalized spacial score (nSPS) is 10.8. The van der Waals surface area contributed by atoms with Gasteiger partial charge in [0.05, 0.1) is 18.5 Å². The topological polar surface area (TPSA) is 68.0 Å². The van der Waals surface area contributed by atoms with E-state index in [4.69, 9.17) is 4.42 Å². The van der Waals surface area contributed by atoms with Crippen molar-refractivity contribution in [2.75, 3.05) is 0 Å². The molecule has 7 heteroatoms. The number of hydrogen-bond donors (Lipinski definition) is 1. The maximum absolute atomic E-state index is 12.2. The molecule has 0 aliphatic heterocycles. The molecule has 1 N–H and O–H groups in total. The van der Waals surface area contributed by atoms with Gasteiger partial charge in [0.2, 0.25) is 0 Å². The molecule has 3 aromatic heterocycles. The summed E-state index contributed by atoms with van der Waals surface area (Å²) >= 11 is 2.75. The summed E-state index contributed by atoms with van der Waals surface area (Å²) in [6, 6.07) is 5.81. The van der Waals surface area contributed by atoms with Gasteiger partial charge in [0.1, 0.15) is 10.6 Å². The molecule has 114 valence electrons. The maximum Gasteiger partial charge on any atom is 0.265 e. The maximum atomic E-state index is 12.2. The highest BCUT2D eigenvalue weighted by Crippen LogP contribution is 2.26. The number of carbonyl (C=O) groups excluding carboxylic acids is 1. The van der Waals surface area contributed by atoms with Crippen molar-refractivity contribution in [3.63, 3.8) is 0 Å². The van der Waals surface area contributed by atoms with Gasteiger partial charge in [-0.25, -0.2) is 0 Å². The number of aryl methyl sites for hydroxylation is 1. The Balaban J connectivity index is 1.62. The molecule has 1 amide bonds. The number of aromatic nitrogens is 2. The van der Waals surface area contributed by atoms with Crippen LogP contribution in [0.4, 0.5) is 0 Å². The number of rotatable bonds is 6. The second-order valence-corrected chi connectivity index (χ2v) is 6.51. The third kappa shape index (κ3) is 3.26. The van der Waals surface area contributed by atoms with Gasteiger partial charge < -0.3 is 9.73 Å². The Kier molecular flexibility index (Phi) is 4.65. The molecule has 5 nitrogen and oxygen atoms in total. The van der Waals surface area contributed by atoms with Crippen LogP contribution in [0.5, 0.6) is 0 Å². The van der Waals surface area contributed by atoms with Crippen LogP contribution in [-0.4, -0.2) is 15.5 Å². The van der Waals surface area contributed by atoms with Crippen LogP contribution in [0.2, 0.25) is 0 Å². The fourth-order valence-corrected chi connectivity index (χ4v) is 3.51. The highest BCUT2D eigenvalue weighted by atomic mass is 32.1. The molecule has 0 aliphatic rings. The summed E-state index contributed by atoms with van der Waals surface area (Å²) in [6.45, 7) is 2.55. The summed E-state index contributed by atoms with van der Waals surface area (Å²) < 4.78 is 9.24. The first kappa shape index (κ1) is 14.9. The summed E-state index contributed by atoms with van der Waals surface area (Å²) in [5.41, 5.74) is 1.82. The Morgan fingerprint density at radius 1 is 1.45 bits per heavy atom. The minimum atomic E-state index is -0.105. The Morgan fingerprint density at radius 2 is 2.36 bits per heavy atom. The van der Waals surface area contributed by atoms with Gasteiger partial charge in [0, 0.05) is 15.8 Å². The van der Waals surface area contributed by atoms with Gasteiger partial charge in [-0.2, -0.15) is 0 Å². The van der Waals surface area contributed by atoms with Crippen LogP contribution in [0, 0.1) is 0 Å². The highest BCUT2D eigenvalue weighted by Gasteiger charge is 2.15. The third-order valence-corrected chi connectivity index (χ3v) is 4.84. The predicted molar refractivity (Wildman–Crippen MR) is 87.1 cm³/mol. The minimum absolute atomic E-state index is 0.105. The Hall–Kier alpha value is -1.99. The second kappa shape index (κ2) is 6.85. The van der Waals surface area contributed by atoms with Gasteiger partial charge in [-0.3, -0.25) is 4.79 Å². The quantitative estimate of drug-likeness (QED) is 0.746. The zero-order valence-electron chi connectivity index (χ0n) is 12.0. The van der Waals surface area contributed by atoms with Crippen LogP contribution in [0.15, 0.2) is 34.3 Å². The fourth-order valence-electron chi connectivity index (χ4n) is 2.07. The molecule has 0 unspecified atom stereocenters. The van der Waals surface area contributed by atoms with Crippen molar-refractivity contribution in [2.45, 2.75) is 26.3 Å². The van der Waals surface area contributed by atoms with Crippen LogP contribution in [0.25, 0.3) is 11.3 Å². The van der Waals surface area contributed by atoms with Gasteiger partial charge in [-0.1, -0.05) is 17.8 Å². The molecule has 0 saturated carbocycles. The lowest BCUT2D eigenvalue weighted by atomic mass is 10.2. The zero-order valence-corrected chi connectivity index (χ0v) is 13.7. The van der Waals surface area contributed by atoms with Crippen LogP contribution in [0.1, 0.15) is 33.6 Å². The van der Waals surface area contributed by atoms with E-state index in [-0.39, 0.29) is 5.91 Å². The molecule has 3 heterocycles. The minimum Gasteiger partial charge on any atom is -0.464 e. The molecule has 0 bridgehead atoms. The SMILES string of the molecule is CCCc1nnsc1C(=O)NCc1cc(-c2ccco2)cs1. The van der Waals surface area contributed by atoms with Crippen LogP contribution in [0.3, 0.4) is 0 Å². The number of furan rings is 1. The molecule has 0 aromatic carbocycles. The van der Waals surface area contributed by atoms with E-state index in [2.05, 4.69) is 21.8 Å². The zero-order chi connectivity index (χ0) is 15.4. The van der Waals surface area contributed by atoms with Gasteiger partial charge >= 0.3 is 0 Å². The van der Waals surface area contributed by atoms with E-state index in [1.165, 1.54) is 0 Å². The molecular formula is C15H15N3O2S2. The summed E-state index contributed by atoms with van der Waals surface area (Å²) in [4.78, 5) is 13.9. The first-order valence-corrected chi connectivity index (χ1v) is 8.64. The lowest BCUT2D eigenvalue weighted by Crippen LogP contribution is -2.22. The van der Waals surface area contributed by atoms with Crippen LogP contribution in [-0.2, 0) is 13.0 Å². The summed E-state index contributed by atoms with van der Waals surface area (Å²) in [6.07, 6.45) is 3.38. The van der Waals surface area contributed by atoms with Gasteiger partial charge in [-0.05, 0) is 36.2 Å². The standard InChI is InChI=1S/C15H15N3O2S2/c1-2-4-12-14(22-18-17-12)15(19)16-8-11-7-10(9-21-11)13-5-3-6-20-13/h3,5-7,9H,2,4,8H2,1H3,(H,16,19). The molecule has 0 spiro atoms. The van der Waals surface area contributed by atoms with E-state index in [1.807, 2.05) is 23.6 Å². The van der Waals surface area contributed by atoms with Crippen molar-refractivity contribution in [1.82, 2.24) is 14.9 Å². The number of hydrogen-bond acceptors (Lipinski definition) is 6. The molecule has 0 fully saturated rings. The van der Waals surface area contributed by atoms with Gasteiger partial charge in [0.25, 0.3) is 5.91 Å². The number of nitrogens with one attached hydrogen (secondary N) is 1. The summed E-state index contributed by atoms with van der Waals surface area (Å²) in [5.74, 6) is 0.733. The molecule has 0 atom stereocenters. The third-order valence-electron chi connectivity index (χ3n) is 3.13. The van der Waals surface area contributed by atoms with Gasteiger partial charge in [-0.15, -0.1) is 16.4 Å². The Bertz CT molecular complexity index is 747. The van der Waals surface area contributed by atoms with E-state index >= 15 is 0 Å². The average molecular weight is 333 g/mol. The molecule has 22 heavy (non-hydrogen) atoms. The molecule has 0 saturated heterocycles. The lowest BCUT2D eigenvalue weighted by molar-refractivity contribution is 0.0954. The molecule has 0 aliphatic carbocycles. The van der Waals surface area contributed by atoms with Crippen molar-refractivity contribution in [1.29, 1.82) is 0 Å². The molecule has 3 aromatic rings. The molecule has 3 rings (SSSR count). The van der Waals surface area contributed by atoms with Crippen molar-refractivity contribution in [3.8, 4) is 11.3 Å². The highest BCUT2D eigenvalue weighted by molar-refractivity contribution is 7.10. The van der Waals surface area contributed by atoms with Crippen molar-refractivity contribution < 1.29 is 9.21 Å². The Labute approximate surface area is 136 Å². The van der Waals surface area contributed by atoms with Crippen LogP contribution >= 0.6 is 22.9 Å². The van der Waals surface area contributed by atoms with E-state index in [0.29, 0.717) is 11.4 Å². The summed E-state index contributed by atoms with van der Waals surface area (Å²) in [7, 11) is 0. The van der Waals surface area contributed by atoms with Crippen LogP contribution < -0.4 is 5.32 Å². The largest absolute Gasteiger partial charge is 0.464 e. The second-order valence-electron chi connectivity index (χ2n) is 4.76. The first-order valence-electron chi connectivity index (χ1n) is 6.98. The summed E-state index contributed by atoms with van der Waals surface area (Å²) in [5, 5.41) is 8.97. The number of nitrogens with zero attached hydrogens (tertiary/aromatic N) is 2. The predicted octanol–water partition coefficient (Wildman–Crippen LogP) is 3.74. The molecular weight excluding hydrogens is 318 g/mol. The fraction of sp³-hybridized carbons (Fsp3) is 0.267. The molecule has 0 radical (unpaired) electrons. The van der Waals surface area contributed by atoms with Crippen molar-refractivity contribution in [2.24, 2.45) is 0 Å². The van der Waals surface area contributed by atoms with Gasteiger partial charge in [0.15, 0.2) is 0 Å². The van der Waals surface area contributed by atoms with Crippen molar-refractivity contribution >= 4 is 28.8 Å². The smallest absolute Gasteiger partial charge is 0.265 e. The lowest BCUT2D eigenvalue weighted by Gasteiger charge is -2.02. The first-order chi connectivity index (χ1) is 10.8. The number of carbonyl (C=O) groups is 1. The van der Waals surface area contributed by atoms with E-state index in [9.17, 15) is 4.79 Å².